The summed E-state index contributed by atoms with van der Waals surface area (Å²) in [6.45, 7) is 6.48. The van der Waals surface area contributed by atoms with Crippen molar-refractivity contribution in [2.24, 2.45) is 0 Å². The molecule has 1 aromatic rings. The van der Waals surface area contributed by atoms with Crippen LogP contribution in [0.2, 0.25) is 0 Å². The van der Waals surface area contributed by atoms with E-state index in [-0.39, 0.29) is 6.03 Å². The zero-order chi connectivity index (χ0) is 12.4. The fourth-order valence-corrected chi connectivity index (χ4v) is 2.72. The number of aryl methyl sites for hydroxylation is 1. The highest BCUT2D eigenvalue weighted by atomic mass is 32.1. The number of hydrogen-bond acceptors (Lipinski definition) is 4. The van der Waals surface area contributed by atoms with Crippen LogP contribution in [0.1, 0.15) is 19.0 Å². The molecule has 2 amide bonds. The summed E-state index contributed by atoms with van der Waals surface area (Å²) in [6.07, 6.45) is 1.09. The normalized spacial score (nSPS) is 17.9. The molecule has 0 spiro atoms. The number of rotatable bonds is 3. The zero-order valence-corrected chi connectivity index (χ0v) is 11.3. The van der Waals surface area contributed by atoms with Crippen LogP contribution in [0.25, 0.3) is 0 Å². The molecule has 2 rings (SSSR count). The Hall–Kier alpha value is -1.14. The van der Waals surface area contributed by atoms with Crippen molar-refractivity contribution < 1.29 is 4.79 Å². The Labute approximate surface area is 106 Å². The summed E-state index contributed by atoms with van der Waals surface area (Å²) in [7, 11) is 1.84. The molecule has 0 N–H and O–H groups in total. The second-order valence-corrected chi connectivity index (χ2v) is 5.18. The number of urea groups is 1. The van der Waals surface area contributed by atoms with Gasteiger partial charge in [-0.25, -0.2) is 4.79 Å². The van der Waals surface area contributed by atoms with Crippen molar-refractivity contribution in [3.63, 3.8) is 0 Å². The molecule has 6 heteroatoms. The van der Waals surface area contributed by atoms with Crippen molar-refractivity contribution in [2.45, 2.75) is 20.3 Å². The second kappa shape index (κ2) is 5.01. The third-order valence-electron chi connectivity index (χ3n) is 2.73. The highest BCUT2D eigenvalue weighted by Gasteiger charge is 2.29. The largest absolute Gasteiger partial charge is 0.327 e. The van der Waals surface area contributed by atoms with Gasteiger partial charge in [0.05, 0.1) is 19.0 Å². The van der Waals surface area contributed by atoms with Crippen molar-refractivity contribution in [1.82, 2.24) is 14.2 Å². The first-order valence-corrected chi connectivity index (χ1v) is 6.57. The molecule has 17 heavy (non-hydrogen) atoms. The Balaban J connectivity index is 2.16. The average Bonchev–Trinajstić information content (AvgIpc) is 2.70. The molecule has 1 aliphatic heterocycles. The van der Waals surface area contributed by atoms with E-state index in [1.54, 1.807) is 9.80 Å². The quantitative estimate of drug-likeness (QED) is 0.827. The summed E-state index contributed by atoms with van der Waals surface area (Å²) in [4.78, 5) is 17.9. The number of carbonyl (C=O) groups is 1. The molecule has 0 atom stereocenters. The summed E-state index contributed by atoms with van der Waals surface area (Å²) >= 11 is 1.38. The van der Waals surface area contributed by atoms with Crippen LogP contribution in [0.5, 0.6) is 0 Å². The molecule has 1 fully saturated rings. The van der Waals surface area contributed by atoms with Crippen LogP contribution in [-0.2, 0) is 0 Å². The lowest BCUT2D eigenvalue weighted by molar-refractivity contribution is 0.131. The molecule has 0 unspecified atom stereocenters. The number of nitrogens with zero attached hydrogens (tertiary/aromatic N) is 4. The highest BCUT2D eigenvalue weighted by molar-refractivity contribution is 7.10. The summed E-state index contributed by atoms with van der Waals surface area (Å²) in [5.74, 6) is 0. The van der Waals surface area contributed by atoms with Gasteiger partial charge in [0, 0.05) is 13.6 Å². The maximum absolute atomic E-state index is 12.1. The van der Waals surface area contributed by atoms with E-state index >= 15 is 0 Å². The molecular formula is C11H18N4OS. The van der Waals surface area contributed by atoms with Gasteiger partial charge in [-0.1, -0.05) is 6.92 Å². The van der Waals surface area contributed by atoms with E-state index in [4.69, 9.17) is 0 Å². The fourth-order valence-electron chi connectivity index (χ4n) is 1.97. The Kier molecular flexibility index (Phi) is 3.63. The van der Waals surface area contributed by atoms with Crippen molar-refractivity contribution in [2.75, 3.05) is 31.8 Å². The Morgan fingerprint density at radius 1 is 1.47 bits per heavy atom. The molecule has 0 bridgehead atoms. The van der Waals surface area contributed by atoms with Gasteiger partial charge in [-0.05, 0) is 30.9 Å². The fraction of sp³-hybridized carbons (Fsp3) is 0.636. The van der Waals surface area contributed by atoms with E-state index in [0.29, 0.717) is 13.3 Å². The van der Waals surface area contributed by atoms with Crippen molar-refractivity contribution in [3.05, 3.63) is 11.8 Å². The highest BCUT2D eigenvalue weighted by Crippen LogP contribution is 2.24. The Bertz CT molecular complexity index is 406. The molecule has 0 aliphatic carbocycles. The van der Waals surface area contributed by atoms with E-state index in [9.17, 15) is 4.79 Å². The summed E-state index contributed by atoms with van der Waals surface area (Å²) < 4.78 is 4.23. The summed E-state index contributed by atoms with van der Waals surface area (Å²) in [6, 6.07) is 2.02. The second-order valence-electron chi connectivity index (χ2n) is 4.39. The van der Waals surface area contributed by atoms with Crippen molar-refractivity contribution in [1.29, 1.82) is 0 Å². The minimum absolute atomic E-state index is 0.0565. The Morgan fingerprint density at radius 2 is 2.24 bits per heavy atom. The van der Waals surface area contributed by atoms with Crippen LogP contribution < -0.4 is 4.90 Å². The SMILES string of the molecule is CCCN1CN(C)C(=O)N(c2cc(C)ns2)C1. The molecule has 94 valence electrons. The molecule has 1 aliphatic rings. The summed E-state index contributed by atoms with van der Waals surface area (Å²) in [5.41, 5.74) is 0.966. The van der Waals surface area contributed by atoms with E-state index in [1.165, 1.54) is 11.5 Å². The molecule has 0 saturated carbocycles. The van der Waals surface area contributed by atoms with Gasteiger partial charge in [-0.2, -0.15) is 4.37 Å². The number of anilines is 1. The van der Waals surface area contributed by atoms with Gasteiger partial charge in [-0.3, -0.25) is 9.80 Å². The first-order valence-electron chi connectivity index (χ1n) is 5.80. The van der Waals surface area contributed by atoms with Gasteiger partial charge in [0.2, 0.25) is 0 Å². The van der Waals surface area contributed by atoms with Gasteiger partial charge in [-0.15, -0.1) is 0 Å². The predicted octanol–water partition coefficient (Wildman–Crippen LogP) is 1.95. The molecule has 2 heterocycles. The smallest absolute Gasteiger partial charge is 0.314 e. The molecule has 0 aromatic carbocycles. The Morgan fingerprint density at radius 3 is 2.82 bits per heavy atom. The molecule has 0 radical (unpaired) electrons. The van der Waals surface area contributed by atoms with Crippen LogP contribution in [0.4, 0.5) is 9.80 Å². The van der Waals surface area contributed by atoms with Gasteiger partial charge in [0.15, 0.2) is 0 Å². The van der Waals surface area contributed by atoms with E-state index in [2.05, 4.69) is 16.2 Å². The first-order chi connectivity index (χ1) is 8.11. The first kappa shape index (κ1) is 12.3. The van der Waals surface area contributed by atoms with Crippen LogP contribution in [0.15, 0.2) is 6.07 Å². The van der Waals surface area contributed by atoms with Gasteiger partial charge in [0.1, 0.15) is 5.00 Å². The molecular weight excluding hydrogens is 236 g/mol. The standard InChI is InChI=1S/C11H18N4OS/c1-4-5-14-7-13(3)11(16)15(8-14)10-6-9(2)12-17-10/h6H,4-5,7-8H2,1-3H3. The molecule has 5 nitrogen and oxygen atoms in total. The predicted molar refractivity (Wildman–Crippen MR) is 69.2 cm³/mol. The zero-order valence-electron chi connectivity index (χ0n) is 10.5. The topological polar surface area (TPSA) is 39.7 Å². The lowest BCUT2D eigenvalue weighted by Crippen LogP contribution is -2.56. The minimum atomic E-state index is 0.0565. The number of aromatic nitrogens is 1. The number of carbonyl (C=O) groups excluding carboxylic acids is 1. The van der Waals surface area contributed by atoms with Gasteiger partial charge < -0.3 is 4.90 Å². The van der Waals surface area contributed by atoms with Crippen LogP contribution in [0.3, 0.4) is 0 Å². The van der Waals surface area contributed by atoms with Gasteiger partial charge >= 0.3 is 6.03 Å². The van der Waals surface area contributed by atoms with Gasteiger partial charge in [0.25, 0.3) is 0 Å². The molecule has 1 aromatic heterocycles. The van der Waals surface area contributed by atoms with E-state index in [1.807, 2.05) is 20.0 Å². The third-order valence-corrected chi connectivity index (χ3v) is 3.64. The monoisotopic (exact) mass is 254 g/mol. The van der Waals surface area contributed by atoms with E-state index < -0.39 is 0 Å². The van der Waals surface area contributed by atoms with Crippen LogP contribution in [0, 0.1) is 6.92 Å². The lowest BCUT2D eigenvalue weighted by atomic mass is 10.4. The average molecular weight is 254 g/mol. The number of hydrogen-bond donors (Lipinski definition) is 0. The molecule has 1 saturated heterocycles. The van der Waals surface area contributed by atoms with Crippen LogP contribution in [-0.4, -0.2) is 47.1 Å². The van der Waals surface area contributed by atoms with Crippen LogP contribution >= 0.6 is 11.5 Å². The third kappa shape index (κ3) is 2.58. The summed E-state index contributed by atoms with van der Waals surface area (Å²) in [5, 5.41) is 0.931. The van der Waals surface area contributed by atoms with E-state index in [0.717, 1.165) is 23.7 Å². The van der Waals surface area contributed by atoms with Crippen molar-refractivity contribution in [3.8, 4) is 0 Å². The maximum atomic E-state index is 12.1. The van der Waals surface area contributed by atoms with Crippen molar-refractivity contribution >= 4 is 22.6 Å². The lowest BCUT2D eigenvalue weighted by Gasteiger charge is -2.39. The number of amides is 2. The minimum Gasteiger partial charge on any atom is -0.314 e. The maximum Gasteiger partial charge on any atom is 0.327 e.